The van der Waals surface area contributed by atoms with E-state index in [1.165, 1.54) is 31.9 Å². The third-order valence-corrected chi connectivity index (χ3v) is 2.93. The van der Waals surface area contributed by atoms with Gasteiger partial charge in [-0.05, 0) is 19.9 Å². The topological polar surface area (TPSA) is 58.0 Å². The Morgan fingerprint density at radius 3 is 2.87 bits per heavy atom. The van der Waals surface area contributed by atoms with Crippen molar-refractivity contribution in [3.05, 3.63) is 17.7 Å². The summed E-state index contributed by atoms with van der Waals surface area (Å²) in [5, 5.41) is 12.5. The highest BCUT2D eigenvalue weighted by molar-refractivity contribution is 5.23. The van der Waals surface area contributed by atoms with Crippen LogP contribution in [0.4, 0.5) is 0 Å². The predicted molar refractivity (Wildman–Crippen MR) is 57.7 cm³/mol. The number of nitrogens with zero attached hydrogens (tertiary/aromatic N) is 2. The molecule has 15 heavy (non-hydrogen) atoms. The maximum atomic E-state index is 9.54. The van der Waals surface area contributed by atoms with Crippen LogP contribution in [0.15, 0.2) is 6.20 Å². The van der Waals surface area contributed by atoms with Crippen molar-refractivity contribution < 1.29 is 5.11 Å². The zero-order chi connectivity index (χ0) is 10.7. The van der Waals surface area contributed by atoms with Gasteiger partial charge in [0.2, 0.25) is 0 Å². The van der Waals surface area contributed by atoms with Crippen LogP contribution >= 0.6 is 0 Å². The van der Waals surface area contributed by atoms with Crippen molar-refractivity contribution in [3.63, 3.8) is 0 Å². The second kappa shape index (κ2) is 4.57. The molecule has 1 heterocycles. The highest BCUT2D eigenvalue weighted by Gasteiger charge is 2.20. The summed E-state index contributed by atoms with van der Waals surface area (Å²) in [6.45, 7) is 0.591. The van der Waals surface area contributed by atoms with Gasteiger partial charge < -0.3 is 10.4 Å². The van der Waals surface area contributed by atoms with Crippen molar-refractivity contribution >= 4 is 0 Å². The van der Waals surface area contributed by atoms with Gasteiger partial charge in [-0.2, -0.15) is 0 Å². The summed E-state index contributed by atoms with van der Waals surface area (Å²) in [4.78, 5) is 8.63. The van der Waals surface area contributed by atoms with E-state index in [1.54, 1.807) is 0 Å². The molecule has 1 aliphatic carbocycles. The van der Waals surface area contributed by atoms with E-state index in [2.05, 4.69) is 15.3 Å². The molecule has 4 nitrogen and oxygen atoms in total. The minimum Gasteiger partial charge on any atom is -0.504 e. The van der Waals surface area contributed by atoms with Crippen molar-refractivity contribution in [1.29, 1.82) is 0 Å². The molecule has 0 atom stereocenters. The molecule has 0 bridgehead atoms. The Balaban J connectivity index is 2.21. The lowest BCUT2D eigenvalue weighted by molar-refractivity contribution is 0.454. The minimum absolute atomic E-state index is 0.186. The lowest BCUT2D eigenvalue weighted by Crippen LogP contribution is -2.10. The van der Waals surface area contributed by atoms with E-state index in [0.29, 0.717) is 18.2 Å². The fraction of sp³-hybridized carbons (Fsp3) is 0.636. The average molecular weight is 207 g/mol. The number of hydrogen-bond donors (Lipinski definition) is 2. The SMILES string of the molecule is CNCc1nc(C2CCCC2)ncc1O. The Kier molecular flexibility index (Phi) is 3.16. The van der Waals surface area contributed by atoms with Crippen LogP contribution in [-0.4, -0.2) is 22.1 Å². The van der Waals surface area contributed by atoms with Gasteiger partial charge in [0, 0.05) is 12.5 Å². The number of aromatic nitrogens is 2. The van der Waals surface area contributed by atoms with Gasteiger partial charge in [-0.3, -0.25) is 0 Å². The summed E-state index contributed by atoms with van der Waals surface area (Å²) < 4.78 is 0. The summed E-state index contributed by atoms with van der Waals surface area (Å²) in [6.07, 6.45) is 6.44. The highest BCUT2D eigenvalue weighted by atomic mass is 16.3. The van der Waals surface area contributed by atoms with E-state index in [9.17, 15) is 5.11 Å². The second-order valence-corrected chi connectivity index (χ2v) is 4.07. The van der Waals surface area contributed by atoms with Crippen molar-refractivity contribution in [2.75, 3.05) is 7.05 Å². The van der Waals surface area contributed by atoms with E-state index in [4.69, 9.17) is 0 Å². The van der Waals surface area contributed by atoms with Crippen LogP contribution in [0.25, 0.3) is 0 Å². The molecule has 4 heteroatoms. The molecule has 82 valence electrons. The lowest BCUT2D eigenvalue weighted by atomic mass is 10.1. The molecule has 0 aliphatic heterocycles. The van der Waals surface area contributed by atoms with Gasteiger partial charge in [-0.25, -0.2) is 9.97 Å². The van der Waals surface area contributed by atoms with Crippen molar-refractivity contribution in [2.45, 2.75) is 38.1 Å². The molecule has 0 saturated heterocycles. The third kappa shape index (κ3) is 2.26. The number of nitrogens with one attached hydrogen (secondary N) is 1. The van der Waals surface area contributed by atoms with Gasteiger partial charge in [0.05, 0.1) is 11.9 Å². The molecule has 2 N–H and O–H groups in total. The predicted octanol–water partition coefficient (Wildman–Crippen LogP) is 1.56. The van der Waals surface area contributed by atoms with E-state index >= 15 is 0 Å². The normalized spacial score (nSPS) is 17.1. The van der Waals surface area contributed by atoms with Crippen LogP contribution in [0.2, 0.25) is 0 Å². The van der Waals surface area contributed by atoms with Crippen LogP contribution < -0.4 is 5.32 Å². The van der Waals surface area contributed by atoms with E-state index < -0.39 is 0 Å². The molecular weight excluding hydrogens is 190 g/mol. The van der Waals surface area contributed by atoms with Crippen molar-refractivity contribution in [1.82, 2.24) is 15.3 Å². The molecule has 0 aromatic carbocycles. The average Bonchev–Trinajstić information content (AvgIpc) is 2.75. The van der Waals surface area contributed by atoms with Gasteiger partial charge in [0.25, 0.3) is 0 Å². The molecule has 1 aromatic heterocycles. The molecule has 1 saturated carbocycles. The Bertz CT molecular complexity index is 335. The summed E-state index contributed by atoms with van der Waals surface area (Å²) in [7, 11) is 1.84. The Morgan fingerprint density at radius 1 is 1.47 bits per heavy atom. The van der Waals surface area contributed by atoms with Crippen LogP contribution in [0, 0.1) is 0 Å². The largest absolute Gasteiger partial charge is 0.504 e. The van der Waals surface area contributed by atoms with Crippen LogP contribution in [0.5, 0.6) is 5.75 Å². The molecule has 1 fully saturated rings. The summed E-state index contributed by atoms with van der Waals surface area (Å²) in [5.74, 6) is 1.59. The van der Waals surface area contributed by atoms with Gasteiger partial charge >= 0.3 is 0 Å². The molecule has 1 aliphatic rings. The molecule has 0 spiro atoms. The Labute approximate surface area is 89.8 Å². The van der Waals surface area contributed by atoms with Gasteiger partial charge in [0.1, 0.15) is 5.82 Å². The molecule has 0 radical (unpaired) electrons. The fourth-order valence-electron chi connectivity index (χ4n) is 2.10. The Hall–Kier alpha value is -1.16. The summed E-state index contributed by atoms with van der Waals surface area (Å²) >= 11 is 0. The third-order valence-electron chi connectivity index (χ3n) is 2.93. The monoisotopic (exact) mass is 207 g/mol. The molecule has 0 amide bonds. The first-order chi connectivity index (χ1) is 7.31. The zero-order valence-electron chi connectivity index (χ0n) is 9.03. The van der Waals surface area contributed by atoms with Crippen LogP contribution in [0.1, 0.15) is 43.1 Å². The molecule has 1 aromatic rings. The van der Waals surface area contributed by atoms with Crippen molar-refractivity contribution in [2.24, 2.45) is 0 Å². The first kappa shape index (κ1) is 10.4. The lowest BCUT2D eigenvalue weighted by Gasteiger charge is -2.09. The molecular formula is C11H17N3O. The molecule has 2 rings (SSSR count). The quantitative estimate of drug-likeness (QED) is 0.789. The standard InChI is InChI=1S/C11H17N3O/c1-12-6-9-10(15)7-13-11(14-9)8-4-2-3-5-8/h7-8,12,15H,2-6H2,1H3. The summed E-state index contributed by atoms with van der Waals surface area (Å²) in [6, 6.07) is 0. The van der Waals surface area contributed by atoms with Crippen molar-refractivity contribution in [3.8, 4) is 5.75 Å². The Morgan fingerprint density at radius 2 is 2.20 bits per heavy atom. The van der Waals surface area contributed by atoms with Crippen LogP contribution in [-0.2, 0) is 6.54 Å². The first-order valence-corrected chi connectivity index (χ1v) is 5.50. The van der Waals surface area contributed by atoms with E-state index in [1.807, 2.05) is 7.05 Å². The highest BCUT2D eigenvalue weighted by Crippen LogP contribution is 2.32. The summed E-state index contributed by atoms with van der Waals surface area (Å²) in [5.41, 5.74) is 0.703. The minimum atomic E-state index is 0.186. The number of hydrogen-bond acceptors (Lipinski definition) is 4. The number of aromatic hydroxyl groups is 1. The first-order valence-electron chi connectivity index (χ1n) is 5.50. The second-order valence-electron chi connectivity index (χ2n) is 4.07. The maximum Gasteiger partial charge on any atom is 0.156 e. The fourth-order valence-corrected chi connectivity index (χ4v) is 2.10. The van der Waals surface area contributed by atoms with Gasteiger partial charge in [-0.15, -0.1) is 0 Å². The molecule has 0 unspecified atom stereocenters. The zero-order valence-corrected chi connectivity index (χ0v) is 9.03. The van der Waals surface area contributed by atoms with E-state index in [0.717, 1.165) is 5.82 Å². The number of rotatable bonds is 3. The smallest absolute Gasteiger partial charge is 0.156 e. The van der Waals surface area contributed by atoms with E-state index in [-0.39, 0.29) is 5.75 Å². The van der Waals surface area contributed by atoms with Crippen LogP contribution in [0.3, 0.4) is 0 Å². The maximum absolute atomic E-state index is 9.54. The van der Waals surface area contributed by atoms with Gasteiger partial charge in [-0.1, -0.05) is 12.8 Å². The van der Waals surface area contributed by atoms with Gasteiger partial charge in [0.15, 0.2) is 5.75 Å².